The van der Waals surface area contributed by atoms with Crippen LogP contribution in [0.2, 0.25) is 0 Å². The van der Waals surface area contributed by atoms with Crippen molar-refractivity contribution in [2.45, 2.75) is 32.7 Å². The summed E-state index contributed by atoms with van der Waals surface area (Å²) < 4.78 is 4.56. The summed E-state index contributed by atoms with van der Waals surface area (Å²) in [5.41, 5.74) is 0. The van der Waals surface area contributed by atoms with Gasteiger partial charge in [-0.15, -0.1) is 0 Å². The molecule has 0 unspecified atom stereocenters. The number of rotatable bonds is 5. The third-order valence-electron chi connectivity index (χ3n) is 2.97. The monoisotopic (exact) mass is 256 g/mol. The Morgan fingerprint density at radius 1 is 1.44 bits per heavy atom. The smallest absolute Gasteiger partial charge is 0.325 e. The molecule has 0 N–H and O–H groups in total. The molecule has 6 nitrogen and oxygen atoms in total. The maximum atomic E-state index is 12.1. The van der Waals surface area contributed by atoms with Gasteiger partial charge >= 0.3 is 5.97 Å². The molecule has 0 bridgehead atoms. The van der Waals surface area contributed by atoms with Crippen LogP contribution >= 0.6 is 0 Å². The molecule has 1 fully saturated rings. The zero-order valence-electron chi connectivity index (χ0n) is 11.1. The molecular formula is C12H20N2O4. The van der Waals surface area contributed by atoms with Crippen LogP contribution in [0.3, 0.4) is 0 Å². The highest BCUT2D eigenvalue weighted by Crippen LogP contribution is 2.10. The highest BCUT2D eigenvalue weighted by molar-refractivity contribution is 5.88. The van der Waals surface area contributed by atoms with Crippen molar-refractivity contribution in [3.63, 3.8) is 0 Å². The van der Waals surface area contributed by atoms with Gasteiger partial charge in [-0.1, -0.05) is 0 Å². The van der Waals surface area contributed by atoms with Crippen molar-refractivity contribution in [2.75, 3.05) is 26.7 Å². The van der Waals surface area contributed by atoms with E-state index in [1.165, 1.54) is 16.9 Å². The van der Waals surface area contributed by atoms with E-state index in [9.17, 15) is 14.4 Å². The number of carbonyl (C=O) groups is 3. The van der Waals surface area contributed by atoms with Gasteiger partial charge in [0.25, 0.3) is 0 Å². The first kappa shape index (κ1) is 14.5. The molecule has 1 saturated heterocycles. The van der Waals surface area contributed by atoms with E-state index < -0.39 is 5.97 Å². The third-order valence-corrected chi connectivity index (χ3v) is 2.97. The Morgan fingerprint density at radius 2 is 2.11 bits per heavy atom. The summed E-state index contributed by atoms with van der Waals surface area (Å²) in [4.78, 5) is 37.7. The van der Waals surface area contributed by atoms with Crippen LogP contribution in [0.5, 0.6) is 0 Å². The first-order valence-electron chi connectivity index (χ1n) is 6.09. The number of likely N-dealkylation sites (tertiary alicyclic amines) is 1. The largest absolute Gasteiger partial charge is 0.468 e. The van der Waals surface area contributed by atoms with Gasteiger partial charge in [0, 0.05) is 19.0 Å². The molecule has 1 rings (SSSR count). The van der Waals surface area contributed by atoms with Crippen LogP contribution in [-0.4, -0.2) is 60.4 Å². The van der Waals surface area contributed by atoms with Crippen LogP contribution in [0.1, 0.15) is 26.7 Å². The van der Waals surface area contributed by atoms with Crippen molar-refractivity contribution < 1.29 is 19.1 Å². The summed E-state index contributed by atoms with van der Waals surface area (Å²) in [6.07, 6.45) is 1.30. The molecule has 0 saturated carbocycles. The Labute approximate surface area is 107 Å². The molecule has 0 aromatic rings. The molecule has 0 atom stereocenters. The van der Waals surface area contributed by atoms with Gasteiger partial charge in [0.05, 0.1) is 13.7 Å². The molecule has 0 aromatic carbocycles. The van der Waals surface area contributed by atoms with Crippen molar-refractivity contribution in [3.05, 3.63) is 0 Å². The van der Waals surface area contributed by atoms with Crippen molar-refractivity contribution in [2.24, 2.45) is 0 Å². The number of ether oxygens (including phenoxy) is 1. The summed E-state index contributed by atoms with van der Waals surface area (Å²) >= 11 is 0. The fourth-order valence-corrected chi connectivity index (χ4v) is 1.89. The molecular weight excluding hydrogens is 236 g/mol. The van der Waals surface area contributed by atoms with Crippen molar-refractivity contribution in [3.8, 4) is 0 Å². The minimum Gasteiger partial charge on any atom is -0.468 e. The lowest BCUT2D eigenvalue weighted by atomic mass is 10.3. The summed E-state index contributed by atoms with van der Waals surface area (Å²) in [7, 11) is 1.29. The molecule has 1 aliphatic rings. The van der Waals surface area contributed by atoms with E-state index in [0.717, 1.165) is 6.42 Å². The summed E-state index contributed by atoms with van der Waals surface area (Å²) in [6, 6.07) is -0.102. The van der Waals surface area contributed by atoms with Gasteiger partial charge < -0.3 is 14.5 Å². The lowest BCUT2D eigenvalue weighted by Gasteiger charge is -2.27. The van der Waals surface area contributed by atoms with E-state index in [-0.39, 0.29) is 30.9 Å². The SMILES string of the molecule is COC(=O)CN(C(=O)CN1CCCC1=O)C(C)C. The molecule has 0 aromatic heterocycles. The molecule has 0 aliphatic carbocycles. The second-order valence-corrected chi connectivity index (χ2v) is 4.61. The first-order valence-corrected chi connectivity index (χ1v) is 6.09. The second kappa shape index (κ2) is 6.37. The average Bonchev–Trinajstić information content (AvgIpc) is 2.71. The van der Waals surface area contributed by atoms with Crippen LogP contribution in [0, 0.1) is 0 Å². The van der Waals surface area contributed by atoms with Gasteiger partial charge in [-0.25, -0.2) is 0 Å². The number of amides is 2. The van der Waals surface area contributed by atoms with Crippen LogP contribution in [0.4, 0.5) is 0 Å². The van der Waals surface area contributed by atoms with Crippen LogP contribution in [0.15, 0.2) is 0 Å². The molecule has 6 heteroatoms. The topological polar surface area (TPSA) is 66.9 Å². The van der Waals surface area contributed by atoms with E-state index >= 15 is 0 Å². The van der Waals surface area contributed by atoms with Gasteiger partial charge in [0.15, 0.2) is 0 Å². The predicted molar refractivity (Wildman–Crippen MR) is 64.7 cm³/mol. The third kappa shape index (κ3) is 3.72. The normalized spacial score (nSPS) is 15.1. The number of nitrogens with zero attached hydrogens (tertiary/aromatic N) is 2. The average molecular weight is 256 g/mol. The van der Waals surface area contributed by atoms with Gasteiger partial charge in [0.2, 0.25) is 11.8 Å². The zero-order chi connectivity index (χ0) is 13.7. The Bertz CT molecular complexity index is 341. The standard InChI is InChI=1S/C12H20N2O4/c1-9(2)14(8-12(17)18-3)11(16)7-13-6-4-5-10(13)15/h9H,4-8H2,1-3H3. The number of hydrogen-bond acceptors (Lipinski definition) is 4. The molecule has 1 aliphatic heterocycles. The number of carbonyl (C=O) groups excluding carboxylic acids is 3. The lowest BCUT2D eigenvalue weighted by molar-refractivity contribution is -0.149. The van der Waals surface area contributed by atoms with E-state index in [1.807, 2.05) is 13.8 Å². The number of methoxy groups -OCH3 is 1. The summed E-state index contributed by atoms with van der Waals surface area (Å²) in [5.74, 6) is -0.666. The molecule has 102 valence electrons. The van der Waals surface area contributed by atoms with E-state index in [1.54, 1.807) is 0 Å². The number of esters is 1. The Hall–Kier alpha value is -1.59. The Kier molecular flexibility index (Phi) is 5.12. The van der Waals surface area contributed by atoms with Crippen LogP contribution < -0.4 is 0 Å². The van der Waals surface area contributed by atoms with E-state index in [0.29, 0.717) is 13.0 Å². The fourth-order valence-electron chi connectivity index (χ4n) is 1.89. The van der Waals surface area contributed by atoms with Crippen LogP contribution in [0.25, 0.3) is 0 Å². The fraction of sp³-hybridized carbons (Fsp3) is 0.750. The second-order valence-electron chi connectivity index (χ2n) is 4.61. The maximum absolute atomic E-state index is 12.1. The Morgan fingerprint density at radius 3 is 2.56 bits per heavy atom. The van der Waals surface area contributed by atoms with Crippen molar-refractivity contribution >= 4 is 17.8 Å². The lowest BCUT2D eigenvalue weighted by Crippen LogP contribution is -2.46. The summed E-state index contributed by atoms with van der Waals surface area (Å²) in [6.45, 7) is 4.25. The van der Waals surface area contributed by atoms with Crippen molar-refractivity contribution in [1.29, 1.82) is 0 Å². The summed E-state index contributed by atoms with van der Waals surface area (Å²) in [5, 5.41) is 0. The van der Waals surface area contributed by atoms with Crippen molar-refractivity contribution in [1.82, 2.24) is 9.80 Å². The molecule has 1 heterocycles. The van der Waals surface area contributed by atoms with E-state index in [4.69, 9.17) is 0 Å². The highest BCUT2D eigenvalue weighted by atomic mass is 16.5. The minimum atomic E-state index is -0.454. The van der Waals surface area contributed by atoms with Crippen LogP contribution in [-0.2, 0) is 19.1 Å². The number of hydrogen-bond donors (Lipinski definition) is 0. The quantitative estimate of drug-likeness (QED) is 0.650. The molecule has 0 radical (unpaired) electrons. The Balaban J connectivity index is 2.59. The van der Waals surface area contributed by atoms with E-state index in [2.05, 4.69) is 4.74 Å². The first-order chi connectivity index (χ1) is 8.45. The molecule has 0 spiro atoms. The zero-order valence-corrected chi connectivity index (χ0v) is 11.1. The molecule has 2 amide bonds. The maximum Gasteiger partial charge on any atom is 0.325 e. The van der Waals surface area contributed by atoms with Gasteiger partial charge in [-0.2, -0.15) is 0 Å². The van der Waals surface area contributed by atoms with Gasteiger partial charge in [-0.05, 0) is 20.3 Å². The predicted octanol–water partition coefficient (Wildman–Crippen LogP) is 0.0188. The van der Waals surface area contributed by atoms with Gasteiger partial charge in [-0.3, -0.25) is 14.4 Å². The molecule has 18 heavy (non-hydrogen) atoms. The minimum absolute atomic E-state index is 0.00474. The van der Waals surface area contributed by atoms with Gasteiger partial charge in [0.1, 0.15) is 6.54 Å². The highest BCUT2D eigenvalue weighted by Gasteiger charge is 2.27.